The third-order valence-corrected chi connectivity index (χ3v) is 6.49. The van der Waals surface area contributed by atoms with Crippen LogP contribution in [0.5, 0.6) is 0 Å². The van der Waals surface area contributed by atoms with Crippen LogP contribution in [0.4, 0.5) is 10.5 Å². The highest BCUT2D eigenvalue weighted by Crippen LogP contribution is 2.31. The van der Waals surface area contributed by atoms with Crippen LogP contribution >= 0.6 is 0 Å². The van der Waals surface area contributed by atoms with E-state index >= 15 is 0 Å². The fraction of sp³-hybridized carbons (Fsp3) is 0.259. The van der Waals surface area contributed by atoms with Gasteiger partial charge in [-0.1, -0.05) is 6.08 Å². The van der Waals surface area contributed by atoms with Crippen molar-refractivity contribution in [3.63, 3.8) is 0 Å². The standard InChI is InChI=1S/C27H30N10O2/c1-4-7-21-22(20(12-28)26(38)37-8-5-6-9-37)33-25(32-21)23-19-11-17(14-30-24(19)35-34-23)16-10-18(15-29-13-16)31-27(39)36(2)3/h4,7,10-15H,5-6,8-9,28H2,1-3H3,(H,31,39)(H,32,33)(H,30,34,35)/b7-4+,20-12+. The van der Waals surface area contributed by atoms with Gasteiger partial charge in [0.1, 0.15) is 11.4 Å². The third-order valence-electron chi connectivity index (χ3n) is 6.49. The first kappa shape index (κ1) is 25.6. The number of hydrogen-bond donors (Lipinski definition) is 4. The smallest absolute Gasteiger partial charge is 0.321 e. The minimum Gasteiger partial charge on any atom is -0.404 e. The van der Waals surface area contributed by atoms with Crippen molar-refractivity contribution in [2.45, 2.75) is 19.8 Å². The zero-order valence-corrected chi connectivity index (χ0v) is 22.0. The number of likely N-dealkylation sites (tertiary alicyclic amines) is 1. The Morgan fingerprint density at radius 3 is 2.62 bits per heavy atom. The molecule has 0 spiro atoms. The minimum absolute atomic E-state index is 0.133. The maximum absolute atomic E-state index is 13.2. The third kappa shape index (κ3) is 5.08. The van der Waals surface area contributed by atoms with Crippen molar-refractivity contribution in [3.8, 4) is 22.6 Å². The molecule has 4 aromatic rings. The van der Waals surface area contributed by atoms with Crippen LogP contribution in [0, 0.1) is 0 Å². The van der Waals surface area contributed by atoms with Crippen molar-refractivity contribution in [1.29, 1.82) is 0 Å². The first-order valence-corrected chi connectivity index (χ1v) is 12.6. The Hall–Kier alpha value is -5.00. The van der Waals surface area contributed by atoms with E-state index in [1.165, 1.54) is 11.1 Å². The molecule has 1 fully saturated rings. The lowest BCUT2D eigenvalue weighted by atomic mass is 10.1. The summed E-state index contributed by atoms with van der Waals surface area (Å²) in [6, 6.07) is 3.51. The van der Waals surface area contributed by atoms with Gasteiger partial charge in [-0.15, -0.1) is 0 Å². The molecule has 39 heavy (non-hydrogen) atoms. The lowest BCUT2D eigenvalue weighted by Gasteiger charge is -2.16. The number of amides is 3. The number of anilines is 1. The number of urea groups is 1. The molecule has 5 rings (SSSR count). The number of aromatic nitrogens is 6. The number of nitrogens with zero attached hydrogens (tertiary/aromatic N) is 6. The molecule has 3 amide bonds. The SMILES string of the molecule is C/C=C/c1[nH]c(-c2[nH]nc3ncc(-c4cncc(NC(=O)N(C)C)c4)cc23)nc1/C(=C\N)C(=O)N1CCCC1. The van der Waals surface area contributed by atoms with Gasteiger partial charge in [0.2, 0.25) is 0 Å². The van der Waals surface area contributed by atoms with Crippen LogP contribution in [-0.2, 0) is 4.79 Å². The average Bonchev–Trinajstić information content (AvgIpc) is 3.69. The summed E-state index contributed by atoms with van der Waals surface area (Å²) < 4.78 is 0. The van der Waals surface area contributed by atoms with Gasteiger partial charge in [0.05, 0.1) is 28.5 Å². The Morgan fingerprint density at radius 2 is 1.90 bits per heavy atom. The zero-order chi connectivity index (χ0) is 27.5. The van der Waals surface area contributed by atoms with Gasteiger partial charge in [0.25, 0.3) is 5.91 Å². The van der Waals surface area contributed by atoms with Crippen molar-refractivity contribution < 1.29 is 9.59 Å². The van der Waals surface area contributed by atoms with E-state index < -0.39 is 0 Å². The average molecular weight is 527 g/mol. The normalized spacial score (nSPS) is 13.9. The van der Waals surface area contributed by atoms with Gasteiger partial charge >= 0.3 is 6.03 Å². The number of aromatic amines is 2. The molecule has 0 unspecified atom stereocenters. The fourth-order valence-corrected chi connectivity index (χ4v) is 4.48. The van der Waals surface area contributed by atoms with Gasteiger partial charge in [-0.25, -0.2) is 14.8 Å². The highest BCUT2D eigenvalue weighted by Gasteiger charge is 2.26. The van der Waals surface area contributed by atoms with Gasteiger partial charge in [0.15, 0.2) is 11.5 Å². The van der Waals surface area contributed by atoms with Gasteiger partial charge in [-0.05, 0) is 38.0 Å². The van der Waals surface area contributed by atoms with Crippen molar-refractivity contribution >= 4 is 40.3 Å². The Balaban J connectivity index is 1.53. The summed E-state index contributed by atoms with van der Waals surface area (Å²) in [5.74, 6) is 0.365. The van der Waals surface area contributed by atoms with Crippen LogP contribution in [0.25, 0.3) is 45.3 Å². The van der Waals surface area contributed by atoms with Gasteiger partial charge in [-0.2, -0.15) is 5.10 Å². The molecule has 0 atom stereocenters. The summed E-state index contributed by atoms with van der Waals surface area (Å²) in [6.45, 7) is 3.31. The molecule has 1 saturated heterocycles. The number of fused-ring (bicyclic) bond motifs is 1. The summed E-state index contributed by atoms with van der Waals surface area (Å²) in [5.41, 5.74) is 10.7. The number of allylic oxidation sites excluding steroid dienone is 1. The quantitative estimate of drug-likeness (QED) is 0.280. The second-order valence-corrected chi connectivity index (χ2v) is 9.41. The number of nitrogens with one attached hydrogen (secondary N) is 3. The van der Waals surface area contributed by atoms with Crippen LogP contribution < -0.4 is 11.1 Å². The number of carbonyl (C=O) groups excluding carboxylic acids is 2. The number of nitrogens with two attached hydrogens (primary N) is 1. The first-order chi connectivity index (χ1) is 18.9. The molecule has 0 bridgehead atoms. The van der Waals surface area contributed by atoms with E-state index in [4.69, 9.17) is 10.7 Å². The second kappa shape index (κ2) is 10.8. The molecule has 0 aromatic carbocycles. The van der Waals surface area contributed by atoms with Gasteiger partial charge in [0, 0.05) is 56.9 Å². The molecule has 0 aliphatic carbocycles. The maximum atomic E-state index is 13.2. The monoisotopic (exact) mass is 526 g/mol. The molecule has 1 aliphatic rings. The van der Waals surface area contributed by atoms with E-state index in [1.807, 2.05) is 31.2 Å². The van der Waals surface area contributed by atoms with Crippen molar-refractivity contribution in [3.05, 3.63) is 54.4 Å². The van der Waals surface area contributed by atoms with E-state index in [2.05, 4.69) is 30.5 Å². The van der Waals surface area contributed by atoms with Crippen LogP contribution in [-0.4, -0.2) is 79.1 Å². The molecular formula is C27H30N10O2. The Kier molecular flexibility index (Phi) is 7.08. The molecule has 4 aromatic heterocycles. The molecule has 5 N–H and O–H groups in total. The Labute approximate surface area is 225 Å². The topological polar surface area (TPSA) is 162 Å². The van der Waals surface area contributed by atoms with E-state index in [1.54, 1.807) is 37.6 Å². The van der Waals surface area contributed by atoms with Crippen molar-refractivity contribution in [2.24, 2.45) is 5.73 Å². The summed E-state index contributed by atoms with van der Waals surface area (Å²) >= 11 is 0. The highest BCUT2D eigenvalue weighted by molar-refractivity contribution is 6.19. The summed E-state index contributed by atoms with van der Waals surface area (Å²) in [5, 5.41) is 10.9. The highest BCUT2D eigenvalue weighted by atomic mass is 16.2. The molecule has 0 saturated carbocycles. The summed E-state index contributed by atoms with van der Waals surface area (Å²) in [6.07, 6.45) is 12.0. The summed E-state index contributed by atoms with van der Waals surface area (Å²) in [4.78, 5) is 45.4. The molecule has 0 radical (unpaired) electrons. The van der Waals surface area contributed by atoms with Gasteiger partial charge < -0.3 is 25.8 Å². The fourth-order valence-electron chi connectivity index (χ4n) is 4.48. The lowest BCUT2D eigenvalue weighted by Crippen LogP contribution is -2.29. The van der Waals surface area contributed by atoms with Crippen LogP contribution in [0.1, 0.15) is 31.2 Å². The van der Waals surface area contributed by atoms with Crippen LogP contribution in [0.2, 0.25) is 0 Å². The predicted octanol–water partition coefficient (Wildman–Crippen LogP) is 3.46. The molecule has 12 nitrogen and oxygen atoms in total. The number of rotatable bonds is 6. The molecule has 200 valence electrons. The summed E-state index contributed by atoms with van der Waals surface area (Å²) in [7, 11) is 3.34. The Bertz CT molecular complexity index is 1590. The van der Waals surface area contributed by atoms with E-state index in [0.29, 0.717) is 52.9 Å². The number of pyridine rings is 2. The first-order valence-electron chi connectivity index (χ1n) is 12.6. The molecular weight excluding hydrogens is 496 g/mol. The minimum atomic E-state index is -0.251. The Morgan fingerprint density at radius 1 is 1.13 bits per heavy atom. The second-order valence-electron chi connectivity index (χ2n) is 9.41. The van der Waals surface area contributed by atoms with E-state index in [9.17, 15) is 9.59 Å². The number of carbonyl (C=O) groups is 2. The van der Waals surface area contributed by atoms with E-state index in [0.717, 1.165) is 29.4 Å². The molecule has 5 heterocycles. The van der Waals surface area contributed by atoms with E-state index in [-0.39, 0.29) is 11.9 Å². The van der Waals surface area contributed by atoms with Crippen molar-refractivity contribution in [1.82, 2.24) is 39.9 Å². The number of H-pyrrole nitrogens is 2. The number of hydrogen-bond acceptors (Lipinski definition) is 7. The lowest BCUT2D eigenvalue weighted by molar-refractivity contribution is -0.124. The largest absolute Gasteiger partial charge is 0.404 e. The van der Waals surface area contributed by atoms with Crippen LogP contribution in [0.15, 0.2) is 43.0 Å². The van der Waals surface area contributed by atoms with Crippen LogP contribution in [0.3, 0.4) is 0 Å². The molecule has 1 aliphatic heterocycles. The zero-order valence-electron chi connectivity index (χ0n) is 22.0. The van der Waals surface area contributed by atoms with Crippen molar-refractivity contribution in [2.75, 3.05) is 32.5 Å². The van der Waals surface area contributed by atoms with Gasteiger partial charge in [-0.3, -0.25) is 14.9 Å². The maximum Gasteiger partial charge on any atom is 0.321 e. The molecule has 12 heteroatoms. The number of imidazole rings is 1. The predicted molar refractivity (Wildman–Crippen MR) is 150 cm³/mol.